The van der Waals surface area contributed by atoms with Crippen LogP contribution in [0.2, 0.25) is 0 Å². The summed E-state index contributed by atoms with van der Waals surface area (Å²) in [5.74, 6) is 0.479. The molecule has 0 atom stereocenters. The third-order valence-corrected chi connectivity index (χ3v) is 5.29. The second-order valence-electron chi connectivity index (χ2n) is 4.83. The van der Waals surface area contributed by atoms with Crippen LogP contribution in [0, 0.1) is 0 Å². The molecule has 0 radical (unpaired) electrons. The van der Waals surface area contributed by atoms with Crippen LogP contribution in [-0.2, 0) is 10.0 Å². The average molecular weight is 304 g/mol. The first kappa shape index (κ1) is 14.0. The van der Waals surface area contributed by atoms with E-state index < -0.39 is 10.0 Å². The average Bonchev–Trinajstić information content (AvgIpc) is 3.04. The molecule has 1 N–H and O–H groups in total. The van der Waals surface area contributed by atoms with Crippen LogP contribution >= 0.6 is 0 Å². The monoisotopic (exact) mass is 304 g/mol. The molecular formula is C14H16N4O2S. The molecule has 0 amide bonds. The molecule has 2 aromatic rings. The van der Waals surface area contributed by atoms with E-state index in [1.165, 1.54) is 4.31 Å². The lowest BCUT2D eigenvalue weighted by Crippen LogP contribution is -2.27. The van der Waals surface area contributed by atoms with Crippen molar-refractivity contribution in [2.45, 2.75) is 17.7 Å². The fraction of sp³-hybridized carbons (Fsp3) is 0.286. The number of rotatable bonds is 4. The number of hydrogen-bond acceptors (Lipinski definition) is 5. The summed E-state index contributed by atoms with van der Waals surface area (Å²) < 4.78 is 26.3. The van der Waals surface area contributed by atoms with E-state index in [4.69, 9.17) is 0 Å². The normalized spacial score (nSPS) is 16.0. The lowest BCUT2D eigenvalue weighted by atomic mass is 10.3. The van der Waals surface area contributed by atoms with Crippen LogP contribution in [0.25, 0.3) is 0 Å². The fourth-order valence-electron chi connectivity index (χ4n) is 2.28. The Balaban J connectivity index is 1.78. The van der Waals surface area contributed by atoms with Crippen LogP contribution in [-0.4, -0.2) is 35.8 Å². The molecule has 0 spiro atoms. The van der Waals surface area contributed by atoms with E-state index in [1.807, 2.05) is 0 Å². The van der Waals surface area contributed by atoms with Gasteiger partial charge in [-0.15, -0.1) is 0 Å². The van der Waals surface area contributed by atoms with Crippen LogP contribution in [0.5, 0.6) is 0 Å². The highest BCUT2D eigenvalue weighted by atomic mass is 32.2. The fourth-order valence-corrected chi connectivity index (χ4v) is 3.80. The number of hydrogen-bond donors (Lipinski definition) is 1. The SMILES string of the molecule is O=S(=O)(c1ccc(Nc2ncccn2)cc1)N1CCCC1. The van der Waals surface area contributed by atoms with Crippen molar-refractivity contribution in [2.24, 2.45) is 0 Å². The molecule has 110 valence electrons. The molecule has 1 aromatic carbocycles. The van der Waals surface area contributed by atoms with Gasteiger partial charge >= 0.3 is 0 Å². The van der Waals surface area contributed by atoms with Gasteiger partial charge in [0.2, 0.25) is 16.0 Å². The molecule has 0 aliphatic carbocycles. The molecule has 1 saturated heterocycles. The van der Waals surface area contributed by atoms with Crippen molar-refractivity contribution in [1.82, 2.24) is 14.3 Å². The highest BCUT2D eigenvalue weighted by molar-refractivity contribution is 7.89. The predicted octanol–water partition coefficient (Wildman–Crippen LogP) is 2.00. The predicted molar refractivity (Wildman–Crippen MR) is 79.7 cm³/mol. The Morgan fingerprint density at radius 2 is 1.62 bits per heavy atom. The molecule has 6 nitrogen and oxygen atoms in total. The van der Waals surface area contributed by atoms with Gasteiger partial charge in [-0.05, 0) is 43.2 Å². The summed E-state index contributed by atoms with van der Waals surface area (Å²) in [6, 6.07) is 8.40. The van der Waals surface area contributed by atoms with Crippen molar-refractivity contribution in [3.8, 4) is 0 Å². The number of anilines is 2. The number of benzene rings is 1. The second-order valence-corrected chi connectivity index (χ2v) is 6.77. The van der Waals surface area contributed by atoms with E-state index in [1.54, 1.807) is 42.7 Å². The second kappa shape index (κ2) is 5.79. The third-order valence-electron chi connectivity index (χ3n) is 3.38. The molecule has 1 aromatic heterocycles. The Hall–Kier alpha value is -1.99. The van der Waals surface area contributed by atoms with E-state index in [9.17, 15) is 8.42 Å². The van der Waals surface area contributed by atoms with Gasteiger partial charge < -0.3 is 5.32 Å². The number of nitrogens with zero attached hydrogens (tertiary/aromatic N) is 3. The Kier molecular flexibility index (Phi) is 3.85. The molecular weight excluding hydrogens is 288 g/mol. The summed E-state index contributed by atoms with van der Waals surface area (Å²) in [4.78, 5) is 8.44. The zero-order valence-electron chi connectivity index (χ0n) is 11.4. The minimum atomic E-state index is -3.35. The lowest BCUT2D eigenvalue weighted by Gasteiger charge is -2.15. The molecule has 3 rings (SSSR count). The van der Waals surface area contributed by atoms with Gasteiger partial charge in [0.1, 0.15) is 0 Å². The Morgan fingerprint density at radius 1 is 1.00 bits per heavy atom. The molecule has 1 aliphatic heterocycles. The molecule has 1 aliphatic rings. The zero-order chi connectivity index (χ0) is 14.7. The third kappa shape index (κ3) is 3.03. The van der Waals surface area contributed by atoms with Crippen LogP contribution in [0.1, 0.15) is 12.8 Å². The highest BCUT2D eigenvalue weighted by Crippen LogP contribution is 2.22. The molecule has 0 bridgehead atoms. The minimum absolute atomic E-state index is 0.323. The summed E-state index contributed by atoms with van der Waals surface area (Å²) in [6.07, 6.45) is 5.15. The van der Waals surface area contributed by atoms with Gasteiger partial charge in [-0.1, -0.05) is 0 Å². The highest BCUT2D eigenvalue weighted by Gasteiger charge is 2.26. The Morgan fingerprint density at radius 3 is 2.24 bits per heavy atom. The lowest BCUT2D eigenvalue weighted by molar-refractivity contribution is 0.477. The first-order chi connectivity index (χ1) is 10.2. The Bertz CT molecular complexity index is 696. The van der Waals surface area contributed by atoms with Gasteiger partial charge in [0.15, 0.2) is 0 Å². The van der Waals surface area contributed by atoms with E-state index >= 15 is 0 Å². The number of nitrogens with one attached hydrogen (secondary N) is 1. The van der Waals surface area contributed by atoms with Crippen LogP contribution < -0.4 is 5.32 Å². The van der Waals surface area contributed by atoms with Crippen LogP contribution in [0.15, 0.2) is 47.6 Å². The van der Waals surface area contributed by atoms with Crippen molar-refractivity contribution < 1.29 is 8.42 Å². The summed E-state index contributed by atoms with van der Waals surface area (Å²) in [5, 5.41) is 3.02. The maximum absolute atomic E-state index is 12.4. The Labute approximate surface area is 123 Å². The topological polar surface area (TPSA) is 75.2 Å². The first-order valence-corrected chi connectivity index (χ1v) is 8.24. The quantitative estimate of drug-likeness (QED) is 0.935. The smallest absolute Gasteiger partial charge is 0.243 e. The summed E-state index contributed by atoms with van der Waals surface area (Å²) >= 11 is 0. The van der Waals surface area contributed by atoms with Gasteiger partial charge in [0.25, 0.3) is 0 Å². The summed E-state index contributed by atoms with van der Waals surface area (Å²) in [6.45, 7) is 1.22. The number of aromatic nitrogens is 2. The largest absolute Gasteiger partial charge is 0.324 e. The van der Waals surface area contributed by atoms with Gasteiger partial charge in [-0.25, -0.2) is 18.4 Å². The van der Waals surface area contributed by atoms with Gasteiger partial charge in [-0.2, -0.15) is 4.31 Å². The molecule has 7 heteroatoms. The van der Waals surface area contributed by atoms with Crippen molar-refractivity contribution in [3.63, 3.8) is 0 Å². The summed E-state index contributed by atoms with van der Waals surface area (Å²) in [7, 11) is -3.35. The maximum atomic E-state index is 12.4. The molecule has 0 unspecified atom stereocenters. The minimum Gasteiger partial charge on any atom is -0.324 e. The van der Waals surface area contributed by atoms with Gasteiger partial charge in [0, 0.05) is 31.2 Å². The van der Waals surface area contributed by atoms with Crippen molar-refractivity contribution in [2.75, 3.05) is 18.4 Å². The van der Waals surface area contributed by atoms with Gasteiger partial charge in [-0.3, -0.25) is 0 Å². The standard InChI is InChI=1S/C14H16N4O2S/c19-21(20,18-10-1-2-11-18)13-6-4-12(5-7-13)17-14-15-8-3-9-16-14/h3-9H,1-2,10-11H2,(H,15,16,17). The van der Waals surface area contributed by atoms with Crippen molar-refractivity contribution >= 4 is 21.7 Å². The van der Waals surface area contributed by atoms with Gasteiger partial charge in [0.05, 0.1) is 4.90 Å². The van der Waals surface area contributed by atoms with E-state index in [-0.39, 0.29) is 0 Å². The zero-order valence-corrected chi connectivity index (χ0v) is 12.3. The molecule has 1 fully saturated rings. The van der Waals surface area contributed by atoms with E-state index in [2.05, 4.69) is 15.3 Å². The molecule has 0 saturated carbocycles. The van der Waals surface area contributed by atoms with E-state index in [0.717, 1.165) is 18.5 Å². The molecule has 21 heavy (non-hydrogen) atoms. The molecule has 2 heterocycles. The van der Waals surface area contributed by atoms with Crippen LogP contribution in [0.3, 0.4) is 0 Å². The first-order valence-electron chi connectivity index (χ1n) is 6.80. The van der Waals surface area contributed by atoms with Crippen LogP contribution in [0.4, 0.5) is 11.6 Å². The van der Waals surface area contributed by atoms with Crippen molar-refractivity contribution in [1.29, 1.82) is 0 Å². The number of sulfonamides is 1. The van der Waals surface area contributed by atoms with E-state index in [0.29, 0.717) is 23.9 Å². The van der Waals surface area contributed by atoms with Crippen molar-refractivity contribution in [3.05, 3.63) is 42.7 Å². The summed E-state index contributed by atoms with van der Waals surface area (Å²) in [5.41, 5.74) is 0.751. The maximum Gasteiger partial charge on any atom is 0.243 e.